The Hall–Kier alpha value is -1.53. The summed E-state index contributed by atoms with van der Waals surface area (Å²) in [5.74, 6) is 1.02. The Bertz CT molecular complexity index is 627. The van der Waals surface area contributed by atoms with Crippen LogP contribution in [0.5, 0.6) is 0 Å². The number of aryl methyl sites for hydroxylation is 1. The molecule has 0 aliphatic carbocycles. The van der Waals surface area contributed by atoms with Crippen LogP contribution in [-0.2, 0) is 6.54 Å². The van der Waals surface area contributed by atoms with E-state index in [0.717, 1.165) is 35.6 Å². The number of pyridine rings is 1. The van der Waals surface area contributed by atoms with Crippen molar-refractivity contribution in [1.29, 1.82) is 0 Å². The molecule has 0 saturated carbocycles. The first kappa shape index (κ1) is 14.4. The lowest BCUT2D eigenvalue weighted by atomic mass is 10.1. The van der Waals surface area contributed by atoms with E-state index in [0.29, 0.717) is 6.04 Å². The third kappa shape index (κ3) is 3.39. The molecule has 6 heteroatoms. The number of anilines is 1. The van der Waals surface area contributed by atoms with Crippen molar-refractivity contribution < 1.29 is 0 Å². The fraction of sp³-hybridized carbons (Fsp3) is 0.400. The minimum Gasteiger partial charge on any atom is -0.353 e. The highest BCUT2D eigenvalue weighted by atomic mass is 79.9. The lowest BCUT2D eigenvalue weighted by Gasteiger charge is -2.44. The third-order valence-corrected chi connectivity index (χ3v) is 4.23. The van der Waals surface area contributed by atoms with Gasteiger partial charge in [0, 0.05) is 54.3 Å². The minimum atomic E-state index is 0.555. The molecule has 1 fully saturated rings. The lowest BCUT2D eigenvalue weighted by Crippen LogP contribution is -2.58. The van der Waals surface area contributed by atoms with Gasteiger partial charge in [0.2, 0.25) is 0 Å². The Morgan fingerprint density at radius 2 is 2.10 bits per heavy atom. The fourth-order valence-electron chi connectivity index (χ4n) is 2.49. The van der Waals surface area contributed by atoms with E-state index in [-0.39, 0.29) is 0 Å². The topological polar surface area (TPSA) is 45.2 Å². The fourth-order valence-corrected chi connectivity index (χ4v) is 2.91. The molecule has 5 nitrogen and oxygen atoms in total. The summed E-state index contributed by atoms with van der Waals surface area (Å²) in [6, 6.07) is 4.71. The number of hydrogen-bond donors (Lipinski definition) is 0. The molecule has 0 atom stereocenters. The predicted molar refractivity (Wildman–Crippen MR) is 86.2 cm³/mol. The third-order valence-electron chi connectivity index (χ3n) is 3.79. The number of rotatable bonds is 4. The summed E-state index contributed by atoms with van der Waals surface area (Å²) in [4.78, 5) is 17.3. The van der Waals surface area contributed by atoms with E-state index in [1.165, 1.54) is 5.56 Å². The average molecular weight is 348 g/mol. The zero-order valence-electron chi connectivity index (χ0n) is 12.2. The molecule has 2 aromatic heterocycles. The molecule has 1 aliphatic heterocycles. The molecule has 0 unspecified atom stereocenters. The van der Waals surface area contributed by atoms with Crippen LogP contribution >= 0.6 is 15.9 Å². The van der Waals surface area contributed by atoms with Gasteiger partial charge in [0.25, 0.3) is 0 Å². The minimum absolute atomic E-state index is 0.555. The highest BCUT2D eigenvalue weighted by Gasteiger charge is 2.30. The normalized spacial score (nSPS) is 15.3. The smallest absolute Gasteiger partial charge is 0.132 e. The Labute approximate surface area is 133 Å². The first-order chi connectivity index (χ1) is 10.1. The summed E-state index contributed by atoms with van der Waals surface area (Å²) in [7, 11) is 2.16. The second-order valence-corrected chi connectivity index (χ2v) is 6.42. The summed E-state index contributed by atoms with van der Waals surface area (Å²) in [6.45, 7) is 4.92. The number of nitrogens with zero attached hydrogens (tertiary/aromatic N) is 5. The molecule has 21 heavy (non-hydrogen) atoms. The standard InChI is InChI=1S/C15H18BrN5/c1-11-3-15(19-10-18-11)21-8-14(9-21)20(2)7-12-4-13(16)6-17-5-12/h3-6,10,14H,7-9H2,1-2H3. The molecule has 1 saturated heterocycles. The molecule has 0 N–H and O–H groups in total. The van der Waals surface area contributed by atoms with Crippen LogP contribution in [0.2, 0.25) is 0 Å². The van der Waals surface area contributed by atoms with Gasteiger partial charge in [0.05, 0.1) is 0 Å². The van der Waals surface area contributed by atoms with E-state index in [1.54, 1.807) is 6.33 Å². The van der Waals surface area contributed by atoms with Crippen molar-refractivity contribution in [2.75, 3.05) is 25.0 Å². The number of aromatic nitrogens is 3. The highest BCUT2D eigenvalue weighted by Crippen LogP contribution is 2.22. The van der Waals surface area contributed by atoms with Gasteiger partial charge in [-0.15, -0.1) is 0 Å². The monoisotopic (exact) mass is 347 g/mol. The maximum atomic E-state index is 4.33. The van der Waals surface area contributed by atoms with Crippen molar-refractivity contribution in [2.45, 2.75) is 19.5 Å². The molecule has 3 heterocycles. The number of likely N-dealkylation sites (N-methyl/N-ethyl adjacent to an activating group) is 1. The van der Waals surface area contributed by atoms with Gasteiger partial charge in [0.1, 0.15) is 12.1 Å². The molecule has 0 radical (unpaired) electrons. The average Bonchev–Trinajstić information content (AvgIpc) is 2.37. The lowest BCUT2D eigenvalue weighted by molar-refractivity contribution is 0.196. The van der Waals surface area contributed by atoms with Crippen molar-refractivity contribution in [1.82, 2.24) is 19.9 Å². The Morgan fingerprint density at radius 1 is 1.29 bits per heavy atom. The molecule has 110 valence electrons. The number of hydrogen-bond acceptors (Lipinski definition) is 5. The Balaban J connectivity index is 1.56. The van der Waals surface area contributed by atoms with Crippen molar-refractivity contribution in [3.63, 3.8) is 0 Å². The summed E-state index contributed by atoms with van der Waals surface area (Å²) in [6.07, 6.45) is 5.37. The first-order valence-electron chi connectivity index (χ1n) is 6.95. The van der Waals surface area contributed by atoms with Gasteiger partial charge in [0.15, 0.2) is 0 Å². The molecule has 0 bridgehead atoms. The van der Waals surface area contributed by atoms with Gasteiger partial charge in [-0.2, -0.15) is 0 Å². The predicted octanol–water partition coefficient (Wildman–Crippen LogP) is 2.26. The zero-order valence-corrected chi connectivity index (χ0v) is 13.8. The highest BCUT2D eigenvalue weighted by molar-refractivity contribution is 9.10. The summed E-state index contributed by atoms with van der Waals surface area (Å²) in [5, 5.41) is 0. The van der Waals surface area contributed by atoms with Crippen LogP contribution in [0, 0.1) is 6.92 Å². The number of halogens is 1. The Morgan fingerprint density at radius 3 is 2.81 bits per heavy atom. The van der Waals surface area contributed by atoms with E-state index < -0.39 is 0 Å². The van der Waals surface area contributed by atoms with Gasteiger partial charge in [-0.25, -0.2) is 9.97 Å². The van der Waals surface area contributed by atoms with E-state index in [4.69, 9.17) is 0 Å². The molecule has 2 aromatic rings. The zero-order chi connectivity index (χ0) is 14.8. The summed E-state index contributed by atoms with van der Waals surface area (Å²) < 4.78 is 1.03. The van der Waals surface area contributed by atoms with Gasteiger partial charge in [-0.05, 0) is 41.5 Å². The SMILES string of the molecule is Cc1cc(N2CC(N(C)Cc3cncc(Br)c3)C2)ncn1. The molecule has 0 aromatic carbocycles. The maximum Gasteiger partial charge on any atom is 0.132 e. The summed E-state index contributed by atoms with van der Waals surface area (Å²) >= 11 is 3.46. The van der Waals surface area contributed by atoms with Crippen molar-refractivity contribution in [3.05, 3.63) is 46.6 Å². The van der Waals surface area contributed by atoms with Gasteiger partial charge in [-0.1, -0.05) is 0 Å². The van der Waals surface area contributed by atoms with Crippen molar-refractivity contribution >= 4 is 21.7 Å². The van der Waals surface area contributed by atoms with Crippen LogP contribution in [0.1, 0.15) is 11.3 Å². The second-order valence-electron chi connectivity index (χ2n) is 5.50. The van der Waals surface area contributed by atoms with Crippen LogP contribution in [-0.4, -0.2) is 46.0 Å². The van der Waals surface area contributed by atoms with Crippen LogP contribution in [0.4, 0.5) is 5.82 Å². The van der Waals surface area contributed by atoms with E-state index in [2.05, 4.69) is 53.8 Å². The van der Waals surface area contributed by atoms with E-state index in [1.807, 2.05) is 25.4 Å². The van der Waals surface area contributed by atoms with Crippen LogP contribution in [0.15, 0.2) is 35.3 Å². The first-order valence-corrected chi connectivity index (χ1v) is 7.74. The molecule has 1 aliphatic rings. The van der Waals surface area contributed by atoms with Gasteiger partial charge >= 0.3 is 0 Å². The Kier molecular flexibility index (Phi) is 4.17. The molecule has 0 amide bonds. The maximum absolute atomic E-state index is 4.33. The quantitative estimate of drug-likeness (QED) is 0.848. The largest absolute Gasteiger partial charge is 0.353 e. The van der Waals surface area contributed by atoms with E-state index in [9.17, 15) is 0 Å². The molecule has 3 rings (SSSR count). The van der Waals surface area contributed by atoms with Crippen LogP contribution in [0.25, 0.3) is 0 Å². The summed E-state index contributed by atoms with van der Waals surface area (Å²) in [5.41, 5.74) is 2.24. The van der Waals surface area contributed by atoms with Crippen LogP contribution in [0.3, 0.4) is 0 Å². The second kappa shape index (κ2) is 6.07. The van der Waals surface area contributed by atoms with Crippen LogP contribution < -0.4 is 4.90 Å². The molecule has 0 spiro atoms. The van der Waals surface area contributed by atoms with Gasteiger partial charge in [-0.3, -0.25) is 9.88 Å². The molecular formula is C15H18BrN5. The van der Waals surface area contributed by atoms with Gasteiger partial charge < -0.3 is 4.90 Å². The van der Waals surface area contributed by atoms with Crippen molar-refractivity contribution in [3.8, 4) is 0 Å². The molecular weight excluding hydrogens is 330 g/mol. The van der Waals surface area contributed by atoms with E-state index >= 15 is 0 Å². The van der Waals surface area contributed by atoms with Crippen molar-refractivity contribution in [2.24, 2.45) is 0 Å².